The first-order valence-corrected chi connectivity index (χ1v) is 8.30. The summed E-state index contributed by atoms with van der Waals surface area (Å²) in [5.41, 5.74) is 2.03. The van der Waals surface area contributed by atoms with Crippen molar-refractivity contribution in [1.29, 1.82) is 0 Å². The van der Waals surface area contributed by atoms with Crippen LogP contribution in [-0.4, -0.2) is 54.8 Å². The molecule has 122 valence electrons. The number of hydrogen-bond acceptors (Lipinski definition) is 7. The number of rotatable bonds is 3. The van der Waals surface area contributed by atoms with Gasteiger partial charge in [-0.05, 0) is 30.7 Å². The third-order valence-electron chi connectivity index (χ3n) is 3.63. The summed E-state index contributed by atoms with van der Waals surface area (Å²) in [6.07, 6.45) is 1.65. The van der Waals surface area contributed by atoms with Crippen LogP contribution in [0.25, 0.3) is 11.3 Å². The van der Waals surface area contributed by atoms with Crippen molar-refractivity contribution >= 4 is 11.8 Å². The van der Waals surface area contributed by atoms with Crippen LogP contribution in [0.1, 0.15) is 5.56 Å². The summed E-state index contributed by atoms with van der Waals surface area (Å²) in [7, 11) is 0. The molecule has 0 bridgehead atoms. The fourth-order valence-corrected chi connectivity index (χ4v) is 3.46. The summed E-state index contributed by atoms with van der Waals surface area (Å²) < 4.78 is 5.73. The van der Waals surface area contributed by atoms with E-state index in [-0.39, 0.29) is 0 Å². The van der Waals surface area contributed by atoms with Gasteiger partial charge in [-0.2, -0.15) is 0 Å². The smallest absolute Gasteiger partial charge is 0.173 e. The van der Waals surface area contributed by atoms with Gasteiger partial charge in [0.2, 0.25) is 0 Å². The molecule has 1 saturated heterocycles. The fraction of sp³-hybridized carbons (Fsp3) is 0.375. The van der Waals surface area contributed by atoms with Gasteiger partial charge < -0.3 is 20.1 Å². The lowest BCUT2D eigenvalue weighted by atomic mass is 10.1. The highest BCUT2D eigenvalue weighted by Gasteiger charge is 2.38. The zero-order chi connectivity index (χ0) is 16.4. The highest BCUT2D eigenvalue weighted by Crippen LogP contribution is 2.30. The van der Waals surface area contributed by atoms with Gasteiger partial charge in [-0.3, -0.25) is 9.97 Å². The summed E-state index contributed by atoms with van der Waals surface area (Å²) in [5, 5.41) is 29.3. The van der Waals surface area contributed by atoms with Gasteiger partial charge in [0.15, 0.2) is 5.44 Å². The average molecular weight is 334 g/mol. The largest absolute Gasteiger partial charge is 0.475 e. The quantitative estimate of drug-likeness (QED) is 0.770. The number of aliphatic hydroxyl groups excluding tert-OH is 3. The Kier molecular flexibility index (Phi) is 4.82. The van der Waals surface area contributed by atoms with E-state index < -0.39 is 23.7 Å². The minimum atomic E-state index is -1.21. The van der Waals surface area contributed by atoms with Crippen molar-refractivity contribution in [1.82, 2.24) is 9.97 Å². The highest BCUT2D eigenvalue weighted by molar-refractivity contribution is 7.99. The molecule has 3 heterocycles. The van der Waals surface area contributed by atoms with Crippen LogP contribution in [0.4, 0.5) is 0 Å². The van der Waals surface area contributed by atoms with Gasteiger partial charge in [-0.15, -0.1) is 11.8 Å². The van der Waals surface area contributed by atoms with E-state index in [9.17, 15) is 15.3 Å². The first-order chi connectivity index (χ1) is 11.0. The maximum Gasteiger partial charge on any atom is 0.173 e. The van der Waals surface area contributed by atoms with Gasteiger partial charge >= 0.3 is 0 Å². The molecule has 3 rings (SSSR count). The van der Waals surface area contributed by atoms with E-state index in [1.807, 2.05) is 19.1 Å². The Labute approximate surface area is 138 Å². The third kappa shape index (κ3) is 3.64. The SMILES string of the molecule is Cc1ccnc(-c2cncc(O[C@H]3SC[C@@H](O)[C@H](O)[C@H]3O)c2)c1. The van der Waals surface area contributed by atoms with Crippen molar-refractivity contribution < 1.29 is 20.1 Å². The molecule has 0 aliphatic carbocycles. The fourth-order valence-electron chi connectivity index (χ4n) is 2.33. The number of ether oxygens (including phenoxy) is 1. The van der Waals surface area contributed by atoms with Crippen molar-refractivity contribution in [3.63, 3.8) is 0 Å². The Morgan fingerprint density at radius 3 is 2.78 bits per heavy atom. The van der Waals surface area contributed by atoms with Crippen LogP contribution in [0.5, 0.6) is 5.75 Å². The van der Waals surface area contributed by atoms with Crippen LogP contribution in [0, 0.1) is 6.92 Å². The van der Waals surface area contributed by atoms with Crippen LogP contribution in [0.15, 0.2) is 36.8 Å². The summed E-state index contributed by atoms with van der Waals surface area (Å²) in [4.78, 5) is 8.46. The molecule has 7 heteroatoms. The van der Waals surface area contributed by atoms with Gasteiger partial charge in [0.05, 0.1) is 18.0 Å². The zero-order valence-corrected chi connectivity index (χ0v) is 13.3. The molecule has 1 aliphatic rings. The second kappa shape index (κ2) is 6.84. The lowest BCUT2D eigenvalue weighted by Crippen LogP contribution is -2.50. The lowest BCUT2D eigenvalue weighted by Gasteiger charge is -2.34. The molecule has 0 unspecified atom stereocenters. The Morgan fingerprint density at radius 1 is 1.17 bits per heavy atom. The number of aromatic nitrogens is 2. The summed E-state index contributed by atoms with van der Waals surface area (Å²) in [6, 6.07) is 5.66. The molecule has 6 nitrogen and oxygen atoms in total. The van der Waals surface area contributed by atoms with Crippen LogP contribution in [0.3, 0.4) is 0 Å². The van der Waals surface area contributed by atoms with Gasteiger partial charge in [-0.25, -0.2) is 0 Å². The van der Waals surface area contributed by atoms with E-state index in [2.05, 4.69) is 9.97 Å². The number of thioether (sulfide) groups is 1. The molecule has 4 atom stereocenters. The normalized spacial score (nSPS) is 27.7. The van der Waals surface area contributed by atoms with E-state index in [0.717, 1.165) is 16.8 Å². The maximum atomic E-state index is 10.0. The van der Waals surface area contributed by atoms with Crippen LogP contribution in [0.2, 0.25) is 0 Å². The molecule has 0 amide bonds. The molecule has 2 aromatic rings. The van der Waals surface area contributed by atoms with E-state index in [1.165, 1.54) is 11.8 Å². The number of hydrogen-bond donors (Lipinski definition) is 3. The van der Waals surface area contributed by atoms with Gasteiger partial charge in [0.1, 0.15) is 18.0 Å². The lowest BCUT2D eigenvalue weighted by molar-refractivity contribution is -0.0786. The van der Waals surface area contributed by atoms with E-state index in [0.29, 0.717) is 11.5 Å². The van der Waals surface area contributed by atoms with Crippen molar-refractivity contribution in [3.8, 4) is 17.0 Å². The summed E-state index contributed by atoms with van der Waals surface area (Å²) in [6.45, 7) is 1.99. The molecule has 1 aliphatic heterocycles. The van der Waals surface area contributed by atoms with Crippen molar-refractivity contribution in [2.45, 2.75) is 30.7 Å². The van der Waals surface area contributed by atoms with Gasteiger partial charge in [0.25, 0.3) is 0 Å². The van der Waals surface area contributed by atoms with Gasteiger partial charge in [-0.1, -0.05) is 0 Å². The number of aliphatic hydroxyl groups is 3. The van der Waals surface area contributed by atoms with E-state index in [4.69, 9.17) is 4.74 Å². The zero-order valence-electron chi connectivity index (χ0n) is 12.5. The molecule has 0 aromatic carbocycles. The molecule has 1 fully saturated rings. The number of pyridine rings is 2. The summed E-state index contributed by atoms with van der Waals surface area (Å²) >= 11 is 1.26. The molecule has 0 radical (unpaired) electrons. The van der Waals surface area contributed by atoms with Crippen LogP contribution < -0.4 is 4.74 Å². The van der Waals surface area contributed by atoms with E-state index in [1.54, 1.807) is 24.7 Å². The molecular formula is C16H18N2O4S. The van der Waals surface area contributed by atoms with Crippen molar-refractivity contribution in [2.75, 3.05) is 5.75 Å². The van der Waals surface area contributed by atoms with Crippen LogP contribution >= 0.6 is 11.8 Å². The highest BCUT2D eigenvalue weighted by atomic mass is 32.2. The number of nitrogens with zero attached hydrogens (tertiary/aromatic N) is 2. The predicted molar refractivity (Wildman–Crippen MR) is 87.1 cm³/mol. The average Bonchev–Trinajstić information content (AvgIpc) is 2.56. The minimum Gasteiger partial charge on any atom is -0.475 e. The Hall–Kier alpha value is -1.67. The summed E-state index contributed by atoms with van der Waals surface area (Å²) in [5.74, 6) is 0.779. The van der Waals surface area contributed by atoms with E-state index >= 15 is 0 Å². The monoisotopic (exact) mass is 334 g/mol. The Balaban J connectivity index is 1.78. The van der Waals surface area contributed by atoms with Crippen LogP contribution in [-0.2, 0) is 0 Å². The molecule has 0 spiro atoms. The molecule has 2 aromatic heterocycles. The molecule has 3 N–H and O–H groups in total. The Morgan fingerprint density at radius 2 is 2.00 bits per heavy atom. The first-order valence-electron chi connectivity index (χ1n) is 7.25. The number of aryl methyl sites for hydroxylation is 1. The third-order valence-corrected chi connectivity index (χ3v) is 4.87. The molecule has 0 saturated carbocycles. The molecule has 23 heavy (non-hydrogen) atoms. The predicted octanol–water partition coefficient (Wildman–Crippen LogP) is 0.986. The van der Waals surface area contributed by atoms with Crippen molar-refractivity contribution in [2.24, 2.45) is 0 Å². The first kappa shape index (κ1) is 16.2. The van der Waals surface area contributed by atoms with Gasteiger partial charge in [0, 0.05) is 23.7 Å². The standard InChI is InChI=1S/C16H18N2O4S/c1-9-2-3-18-12(4-9)10-5-11(7-17-6-10)22-16-15(21)14(20)13(19)8-23-16/h2-7,13-16,19-21H,8H2,1H3/t13-,14+,15-,16+/m1/s1. The second-order valence-corrected chi connectivity index (χ2v) is 6.63. The van der Waals surface area contributed by atoms with Crippen molar-refractivity contribution in [3.05, 3.63) is 42.4 Å². The minimum absolute atomic E-state index is 0.301. The topological polar surface area (TPSA) is 95.7 Å². The second-order valence-electron chi connectivity index (χ2n) is 5.50. The maximum absolute atomic E-state index is 10.0. The molecular weight excluding hydrogens is 316 g/mol. The Bertz CT molecular complexity index is 685.